The summed E-state index contributed by atoms with van der Waals surface area (Å²) in [5, 5.41) is 82.3. The number of ether oxygens (including phenoxy) is 10. The molecular formula is C63H96O21. The molecule has 7 heterocycles. The van der Waals surface area contributed by atoms with E-state index in [2.05, 4.69) is 19.7 Å². The minimum absolute atomic E-state index is 0.0156. The number of carbonyl (C=O) groups is 4. The zero-order valence-electron chi connectivity index (χ0n) is 50.4. The fourth-order valence-electron chi connectivity index (χ4n) is 14.1. The Morgan fingerprint density at radius 3 is 2.17 bits per heavy atom. The molecule has 0 aromatic rings. The second-order valence-electron chi connectivity index (χ2n) is 25.8. The summed E-state index contributed by atoms with van der Waals surface area (Å²) < 4.78 is 63.4. The van der Waals surface area contributed by atoms with Crippen molar-refractivity contribution in [3.63, 3.8) is 0 Å². The van der Waals surface area contributed by atoms with E-state index >= 15 is 0 Å². The van der Waals surface area contributed by atoms with E-state index in [1.807, 2.05) is 12.2 Å². The van der Waals surface area contributed by atoms with Gasteiger partial charge in [-0.3, -0.25) is 19.2 Å². The van der Waals surface area contributed by atoms with Gasteiger partial charge in [0.15, 0.2) is 17.4 Å². The first kappa shape index (κ1) is 67.7. The Kier molecular flexibility index (Phi) is 23.0. The third-order valence-corrected chi connectivity index (χ3v) is 18.3. The summed E-state index contributed by atoms with van der Waals surface area (Å²) in [4.78, 5) is 54.3. The number of allylic oxidation sites excluding steroid dienone is 3. The van der Waals surface area contributed by atoms with Gasteiger partial charge < -0.3 is 83.1 Å². The van der Waals surface area contributed by atoms with Crippen LogP contribution in [0.4, 0.5) is 0 Å². The molecule has 0 aromatic carbocycles. The maximum Gasteiger partial charge on any atom is 0.308 e. The van der Waals surface area contributed by atoms with Crippen LogP contribution in [0.3, 0.4) is 0 Å². The summed E-state index contributed by atoms with van der Waals surface area (Å²) in [7, 11) is 1.57. The van der Waals surface area contributed by atoms with E-state index in [1.165, 1.54) is 26.0 Å². The van der Waals surface area contributed by atoms with Crippen molar-refractivity contribution in [2.24, 2.45) is 23.7 Å². The monoisotopic (exact) mass is 1190 g/mol. The number of rotatable bonds is 9. The smallest absolute Gasteiger partial charge is 0.308 e. The second kappa shape index (κ2) is 28.6. The molecule has 24 unspecified atom stereocenters. The van der Waals surface area contributed by atoms with Crippen molar-refractivity contribution in [2.45, 2.75) is 278 Å². The lowest BCUT2D eigenvalue weighted by atomic mass is 9.78. The summed E-state index contributed by atoms with van der Waals surface area (Å²) >= 11 is 0. The number of methoxy groups -OCH3 is 1. The molecule has 21 nitrogen and oxygen atoms in total. The van der Waals surface area contributed by atoms with Crippen LogP contribution in [0.15, 0.2) is 61.3 Å². The summed E-state index contributed by atoms with van der Waals surface area (Å²) in [6, 6.07) is 0. The van der Waals surface area contributed by atoms with Gasteiger partial charge in [-0.05, 0) is 45.4 Å². The van der Waals surface area contributed by atoms with Crippen molar-refractivity contribution >= 4 is 23.7 Å². The van der Waals surface area contributed by atoms with Crippen LogP contribution in [0.1, 0.15) is 158 Å². The Bertz CT molecular complexity index is 2370. The van der Waals surface area contributed by atoms with Gasteiger partial charge in [0.05, 0.1) is 85.1 Å². The van der Waals surface area contributed by atoms with Crippen molar-refractivity contribution in [1.82, 2.24) is 0 Å². The molecule has 0 radical (unpaired) electrons. The van der Waals surface area contributed by atoms with Gasteiger partial charge in [0.2, 0.25) is 0 Å². The average Bonchev–Trinajstić information content (AvgIpc) is 1.09. The van der Waals surface area contributed by atoms with Gasteiger partial charge in [-0.2, -0.15) is 0 Å². The Hall–Kier alpha value is -3.78. The first-order valence-corrected chi connectivity index (χ1v) is 30.2. The second-order valence-corrected chi connectivity index (χ2v) is 25.8. The van der Waals surface area contributed by atoms with E-state index in [4.69, 9.17) is 47.4 Å². The zero-order chi connectivity index (χ0) is 61.6. The number of Topliss-reactive ketones (excluding diaryl/α,β-unsaturated/α-hetero) is 1. The van der Waals surface area contributed by atoms with E-state index in [-0.39, 0.29) is 76.1 Å². The molecule has 7 aliphatic heterocycles. The van der Waals surface area contributed by atoms with Crippen LogP contribution >= 0.6 is 0 Å². The lowest BCUT2D eigenvalue weighted by Crippen LogP contribution is -2.65. The molecule has 7 N–H and O–H groups in total. The highest BCUT2D eigenvalue weighted by Crippen LogP contribution is 2.48. The number of fused-ring (bicyclic) bond motifs is 8. The Balaban J connectivity index is 1.22. The minimum Gasteiger partial charge on any atom is -0.462 e. The van der Waals surface area contributed by atoms with E-state index in [0.717, 1.165) is 0 Å². The fraction of sp³-hybridized carbons (Fsp3) is 0.778. The van der Waals surface area contributed by atoms with Crippen LogP contribution in [0.25, 0.3) is 0 Å². The lowest BCUT2D eigenvalue weighted by molar-refractivity contribution is -0.351. The van der Waals surface area contributed by atoms with E-state index in [0.29, 0.717) is 43.3 Å². The third kappa shape index (κ3) is 17.3. The van der Waals surface area contributed by atoms with Crippen molar-refractivity contribution < 1.29 is 102 Å². The number of ketones is 1. The highest BCUT2D eigenvalue weighted by atomic mass is 16.7. The van der Waals surface area contributed by atoms with Gasteiger partial charge in [0.25, 0.3) is 0 Å². The first-order valence-electron chi connectivity index (χ1n) is 30.2. The molecule has 24 atom stereocenters. The van der Waals surface area contributed by atoms with Crippen LogP contribution in [0, 0.1) is 23.7 Å². The maximum absolute atomic E-state index is 14.4. The number of esters is 3. The first-order chi connectivity index (χ1) is 39.4. The van der Waals surface area contributed by atoms with Crippen LogP contribution in [-0.2, 0) is 66.5 Å². The van der Waals surface area contributed by atoms with Gasteiger partial charge in [-0.1, -0.05) is 89.0 Å². The molecule has 0 aromatic heterocycles. The Morgan fingerprint density at radius 1 is 0.810 bits per heavy atom. The SMILES string of the molecule is C=C/C=C/C(O)CC(=C)CC1OC2C(C)C(OC(=O)CC3CC(OC(C)=O)CC4(CC(C)(O)CC(CC(=C)C(C)C(OC(C)=O)C(C)C(=O)CC5CC(OC)CC6(CC(O)CC(/C=C\CCCC7OC(O)(CC(O)C7C)C2O)O6)O5)O4)O3)C1O. The summed E-state index contributed by atoms with van der Waals surface area (Å²) in [6.07, 6.45) is -6.46. The number of aliphatic hydroxyl groups excluding tert-OH is 5. The molecule has 84 heavy (non-hydrogen) atoms. The predicted molar refractivity (Wildman–Crippen MR) is 303 cm³/mol. The van der Waals surface area contributed by atoms with Crippen LogP contribution in [-0.4, -0.2) is 187 Å². The van der Waals surface area contributed by atoms with E-state index < -0.39 is 169 Å². The van der Waals surface area contributed by atoms with Gasteiger partial charge >= 0.3 is 17.9 Å². The highest BCUT2D eigenvalue weighted by molar-refractivity contribution is 5.82. The summed E-state index contributed by atoms with van der Waals surface area (Å²) in [5.74, 6) is -10.6. The van der Waals surface area contributed by atoms with E-state index in [1.54, 1.807) is 47.8 Å². The predicted octanol–water partition coefficient (Wildman–Crippen LogP) is 5.34. The fourth-order valence-corrected chi connectivity index (χ4v) is 14.1. The molecule has 0 amide bonds. The molecule has 7 rings (SSSR count). The molecule has 6 saturated heterocycles. The molecule has 474 valence electrons. The van der Waals surface area contributed by atoms with Gasteiger partial charge in [0, 0.05) is 103 Å². The largest absolute Gasteiger partial charge is 0.462 e. The number of hydrogen-bond donors (Lipinski definition) is 7. The van der Waals surface area contributed by atoms with Gasteiger partial charge in [0.1, 0.15) is 36.3 Å². The Labute approximate surface area is 494 Å². The third-order valence-electron chi connectivity index (χ3n) is 18.3. The molecule has 10 bridgehead atoms. The van der Waals surface area contributed by atoms with Gasteiger partial charge in [-0.15, -0.1) is 0 Å². The van der Waals surface area contributed by atoms with Gasteiger partial charge in [-0.25, -0.2) is 0 Å². The highest BCUT2D eigenvalue weighted by Gasteiger charge is 2.58. The lowest BCUT2D eigenvalue weighted by Gasteiger charge is -2.52. The molecule has 0 aliphatic carbocycles. The summed E-state index contributed by atoms with van der Waals surface area (Å²) in [5.41, 5.74) is -0.456. The molecule has 6 fully saturated rings. The zero-order valence-corrected chi connectivity index (χ0v) is 50.4. The molecule has 21 heteroatoms. The topological polar surface area (TPSA) is 302 Å². The number of carbonyl (C=O) groups excluding carboxylic acids is 4. The maximum atomic E-state index is 14.4. The van der Waals surface area contributed by atoms with Crippen LogP contribution in [0.5, 0.6) is 0 Å². The Morgan fingerprint density at radius 2 is 1.48 bits per heavy atom. The number of aliphatic hydroxyl groups is 7. The molecular weight excluding hydrogens is 1090 g/mol. The van der Waals surface area contributed by atoms with Crippen molar-refractivity contribution in [2.75, 3.05) is 7.11 Å². The van der Waals surface area contributed by atoms with Crippen LogP contribution in [0.2, 0.25) is 0 Å². The quantitative estimate of drug-likeness (QED) is 0.0663. The summed E-state index contributed by atoms with van der Waals surface area (Å²) in [6.45, 7) is 23.1. The molecule has 2 spiro atoms. The average molecular weight is 1190 g/mol. The van der Waals surface area contributed by atoms with E-state index in [9.17, 15) is 54.9 Å². The normalized spacial score (nSPS) is 44.9. The van der Waals surface area contributed by atoms with Crippen molar-refractivity contribution in [3.05, 3.63) is 61.3 Å². The molecule has 0 saturated carbocycles. The van der Waals surface area contributed by atoms with Crippen LogP contribution < -0.4 is 0 Å². The minimum atomic E-state index is -2.39. The standard InChI is InChI=1S/C63H96O21/c1-12-13-17-42(66)20-34(2)21-53-55(71)57-39(7)58(78-53)59(72)63(74)32-51(69)37(5)52(84-63)19-16-14-15-18-44-23-43(67)28-61(80-44)30-47(75-11)24-45(81-61)26-50(68)38(6)56(77-41(9)65)36(4)35(3)22-49-29-60(10,73)33-62(83-49)31-48(76-40(8)64)25-46(82-62)27-54(70)79-57/h12-13,15,17-18,36-39,42-49,51-53,55-59,66-67,69,71-74H,1-3,14,16,19-33H2,4-11H3/b17-13+,18-15-. The van der Waals surface area contributed by atoms with Crippen molar-refractivity contribution in [3.8, 4) is 0 Å². The molecule has 7 aliphatic rings. The number of hydrogen-bond acceptors (Lipinski definition) is 21. The van der Waals surface area contributed by atoms with Crippen molar-refractivity contribution in [1.29, 1.82) is 0 Å².